The molecule has 2 saturated heterocycles. The molecule has 0 unspecified atom stereocenters. The second-order valence-electron chi connectivity index (χ2n) is 12.7. The van der Waals surface area contributed by atoms with Crippen molar-refractivity contribution in [1.82, 2.24) is 29.7 Å². The minimum absolute atomic E-state index is 0.0222. The molecule has 6 aromatic rings. The first kappa shape index (κ1) is 30.2. The van der Waals surface area contributed by atoms with E-state index in [0.717, 1.165) is 70.0 Å². The number of nitrogens with zero attached hydrogens (tertiary/aromatic N) is 4. The minimum atomic E-state index is -0.194. The summed E-state index contributed by atoms with van der Waals surface area (Å²) in [4.78, 5) is 46.7. The number of benzene rings is 4. The van der Waals surface area contributed by atoms with Crippen molar-refractivity contribution in [3.63, 3.8) is 0 Å². The first-order chi connectivity index (χ1) is 24.0. The van der Waals surface area contributed by atoms with Crippen molar-refractivity contribution in [3.8, 4) is 23.1 Å². The summed E-state index contributed by atoms with van der Waals surface area (Å²) >= 11 is 0. The number of aromatic nitrogens is 4. The van der Waals surface area contributed by atoms with Gasteiger partial charge in [0.15, 0.2) is 0 Å². The zero-order chi connectivity index (χ0) is 33.3. The number of hydrogen-bond acceptors (Lipinski definition) is 4. The van der Waals surface area contributed by atoms with Gasteiger partial charge in [0.05, 0.1) is 35.0 Å². The van der Waals surface area contributed by atoms with Crippen molar-refractivity contribution < 1.29 is 9.59 Å². The second kappa shape index (κ2) is 12.8. The number of fused-ring (bicyclic) bond motifs is 1. The summed E-state index contributed by atoms with van der Waals surface area (Å²) in [6, 6.07) is 32.5. The molecular weight excluding hydrogens is 608 g/mol. The van der Waals surface area contributed by atoms with E-state index in [-0.39, 0.29) is 23.9 Å². The van der Waals surface area contributed by atoms with Crippen LogP contribution in [0.2, 0.25) is 0 Å². The number of H-pyrrole nitrogens is 2. The molecule has 2 atom stereocenters. The lowest BCUT2D eigenvalue weighted by Crippen LogP contribution is -2.31. The average molecular weight is 643 g/mol. The van der Waals surface area contributed by atoms with E-state index in [4.69, 9.17) is 4.98 Å². The summed E-state index contributed by atoms with van der Waals surface area (Å²) in [6.45, 7) is 5.40. The van der Waals surface area contributed by atoms with Crippen LogP contribution in [0.4, 0.5) is 0 Å². The van der Waals surface area contributed by atoms with Gasteiger partial charge in [-0.2, -0.15) is 0 Å². The third-order valence-electron chi connectivity index (χ3n) is 9.34. The highest BCUT2D eigenvalue weighted by Crippen LogP contribution is 2.35. The highest BCUT2D eigenvalue weighted by Gasteiger charge is 2.35. The number of amides is 2. The summed E-state index contributed by atoms with van der Waals surface area (Å²) in [5.41, 5.74) is 7.75. The second-order valence-corrected chi connectivity index (χ2v) is 12.7. The van der Waals surface area contributed by atoms with Gasteiger partial charge in [0.2, 0.25) is 0 Å². The van der Waals surface area contributed by atoms with Gasteiger partial charge >= 0.3 is 0 Å². The smallest absolute Gasteiger partial charge is 0.254 e. The maximum atomic E-state index is 13.3. The van der Waals surface area contributed by atoms with Gasteiger partial charge in [-0.25, -0.2) is 9.97 Å². The Morgan fingerprint density at radius 2 is 1.43 bits per heavy atom. The van der Waals surface area contributed by atoms with Crippen molar-refractivity contribution >= 4 is 22.8 Å². The Bertz CT molecular complexity index is 2240. The first-order valence-electron chi connectivity index (χ1n) is 16.6. The van der Waals surface area contributed by atoms with Crippen LogP contribution >= 0.6 is 0 Å². The van der Waals surface area contributed by atoms with E-state index in [1.165, 1.54) is 0 Å². The topological polar surface area (TPSA) is 98.0 Å². The average Bonchev–Trinajstić information content (AvgIpc) is 3.97. The van der Waals surface area contributed by atoms with Crippen molar-refractivity contribution in [2.45, 2.75) is 31.3 Å². The maximum absolute atomic E-state index is 13.3. The molecule has 0 radical (unpaired) electrons. The van der Waals surface area contributed by atoms with Crippen LogP contribution < -0.4 is 0 Å². The monoisotopic (exact) mass is 642 g/mol. The Kier molecular flexibility index (Phi) is 7.86. The maximum Gasteiger partial charge on any atom is 0.254 e. The lowest BCUT2D eigenvalue weighted by Gasteiger charge is -2.23. The molecule has 240 valence electrons. The number of imidazole rings is 2. The summed E-state index contributed by atoms with van der Waals surface area (Å²) < 4.78 is 0. The molecule has 0 aliphatic carbocycles. The van der Waals surface area contributed by atoms with Gasteiger partial charge in [-0.3, -0.25) is 9.59 Å². The van der Waals surface area contributed by atoms with Gasteiger partial charge in [-0.15, -0.1) is 0 Å². The van der Waals surface area contributed by atoms with Crippen LogP contribution in [0.15, 0.2) is 121 Å². The van der Waals surface area contributed by atoms with E-state index in [1.54, 1.807) is 0 Å². The molecule has 8 nitrogen and oxygen atoms in total. The van der Waals surface area contributed by atoms with E-state index in [9.17, 15) is 9.59 Å². The lowest BCUT2D eigenvalue weighted by atomic mass is 10.1. The standard InChI is InChI=1S/C41H34N6O2/c1-27-23-37(47(26-27)41(49)32-11-6-3-7-12-32)39-43-33-21-18-29(24-34(33)44-39)15-14-28-16-19-30(20-17-28)35-25-42-38(45-35)36-13-8-22-46(36)40(48)31-9-4-2-5-10-31/h2-7,9-12,16-21,24-25,36-37H,1,8,13,22-23,26H2,(H,42,45)(H,43,44)/t36-,37-/m0/s1. The Hall–Kier alpha value is -6.20. The van der Waals surface area contributed by atoms with E-state index in [0.29, 0.717) is 24.1 Å². The van der Waals surface area contributed by atoms with Gasteiger partial charge in [0.25, 0.3) is 11.8 Å². The third kappa shape index (κ3) is 6.03. The SMILES string of the molecule is C=C1C[C@@H](c2nc3ccc(C#Cc4ccc(-c5cnc([C@@H]6CCCN6C(=O)c6ccccc6)[nH]5)cc4)cc3[nH]2)N(C(=O)c2ccccc2)C1. The van der Waals surface area contributed by atoms with Gasteiger partial charge in [0, 0.05) is 35.3 Å². The molecule has 2 aliphatic rings. The Morgan fingerprint density at radius 3 is 2.16 bits per heavy atom. The van der Waals surface area contributed by atoms with Gasteiger partial charge < -0.3 is 19.8 Å². The van der Waals surface area contributed by atoms with Crippen molar-refractivity contribution in [2.24, 2.45) is 0 Å². The summed E-state index contributed by atoms with van der Waals surface area (Å²) in [6.07, 6.45) is 4.35. The van der Waals surface area contributed by atoms with E-state index < -0.39 is 0 Å². The van der Waals surface area contributed by atoms with Crippen molar-refractivity contribution in [3.05, 3.63) is 155 Å². The van der Waals surface area contributed by atoms with Crippen LogP contribution in [0.5, 0.6) is 0 Å². The predicted molar refractivity (Wildman–Crippen MR) is 190 cm³/mol. The molecule has 2 fully saturated rings. The normalized spacial score (nSPS) is 17.3. The molecule has 2 N–H and O–H groups in total. The molecule has 0 bridgehead atoms. The molecule has 2 amide bonds. The number of nitrogens with one attached hydrogen (secondary N) is 2. The zero-order valence-corrected chi connectivity index (χ0v) is 26.9. The summed E-state index contributed by atoms with van der Waals surface area (Å²) in [5, 5.41) is 0. The highest BCUT2D eigenvalue weighted by molar-refractivity contribution is 5.95. The number of likely N-dealkylation sites (tertiary alicyclic amines) is 2. The summed E-state index contributed by atoms with van der Waals surface area (Å²) in [7, 11) is 0. The van der Waals surface area contributed by atoms with Crippen molar-refractivity contribution in [1.29, 1.82) is 0 Å². The quantitative estimate of drug-likeness (QED) is 0.151. The fourth-order valence-corrected chi connectivity index (χ4v) is 6.84. The van der Waals surface area contributed by atoms with E-state index >= 15 is 0 Å². The molecule has 0 spiro atoms. The fourth-order valence-electron chi connectivity index (χ4n) is 6.84. The van der Waals surface area contributed by atoms with E-state index in [1.807, 2.05) is 119 Å². The fraction of sp³-hybridized carbons (Fsp3) is 0.171. The molecule has 49 heavy (non-hydrogen) atoms. The van der Waals surface area contributed by atoms with Crippen LogP contribution in [0, 0.1) is 11.8 Å². The summed E-state index contributed by atoms with van der Waals surface area (Å²) in [5.74, 6) is 8.14. The Morgan fingerprint density at radius 1 is 0.755 bits per heavy atom. The van der Waals surface area contributed by atoms with Crippen LogP contribution in [0.25, 0.3) is 22.3 Å². The molecule has 2 aliphatic heterocycles. The molecule has 8 rings (SSSR count). The molecular formula is C41H34N6O2. The largest absolute Gasteiger partial charge is 0.340 e. The van der Waals surface area contributed by atoms with Gasteiger partial charge in [0.1, 0.15) is 11.6 Å². The van der Waals surface area contributed by atoms with Gasteiger partial charge in [-0.1, -0.05) is 72.5 Å². The number of hydrogen-bond donors (Lipinski definition) is 2. The molecule has 2 aromatic heterocycles. The number of rotatable bonds is 5. The zero-order valence-electron chi connectivity index (χ0n) is 26.9. The number of carbonyl (C=O) groups excluding carboxylic acids is 2. The van der Waals surface area contributed by atoms with Crippen LogP contribution in [-0.2, 0) is 0 Å². The molecule has 8 heteroatoms. The Labute approximate surface area is 284 Å². The van der Waals surface area contributed by atoms with Crippen LogP contribution in [0.1, 0.15) is 74.8 Å². The Balaban J connectivity index is 0.960. The van der Waals surface area contributed by atoms with Crippen LogP contribution in [0.3, 0.4) is 0 Å². The highest BCUT2D eigenvalue weighted by atomic mass is 16.2. The number of aromatic amines is 2. The molecule has 4 aromatic carbocycles. The third-order valence-corrected chi connectivity index (χ3v) is 9.34. The van der Waals surface area contributed by atoms with Crippen molar-refractivity contribution in [2.75, 3.05) is 13.1 Å². The number of carbonyl (C=O) groups is 2. The van der Waals surface area contributed by atoms with E-state index in [2.05, 4.69) is 33.4 Å². The molecule has 0 saturated carbocycles. The van der Waals surface area contributed by atoms with Gasteiger partial charge in [-0.05, 0) is 79.4 Å². The predicted octanol–water partition coefficient (Wildman–Crippen LogP) is 7.47. The minimum Gasteiger partial charge on any atom is -0.340 e. The van der Waals surface area contributed by atoms with Crippen LogP contribution in [-0.4, -0.2) is 54.6 Å². The first-order valence-corrected chi connectivity index (χ1v) is 16.6. The lowest BCUT2D eigenvalue weighted by molar-refractivity contribution is 0.0724. The molecule has 4 heterocycles.